The minimum atomic E-state index is -0.105. The van der Waals surface area contributed by atoms with Crippen LogP contribution in [0.25, 0.3) is 88.0 Å². The number of para-hydroxylation sites is 2. The first kappa shape index (κ1) is 31.4. The Labute approximate surface area is 318 Å². The Morgan fingerprint density at radius 1 is 0.473 bits per heavy atom. The maximum absolute atomic E-state index is 5.61. The van der Waals surface area contributed by atoms with Crippen LogP contribution in [0.5, 0.6) is 0 Å². The lowest BCUT2D eigenvalue weighted by atomic mass is 9.84. The van der Waals surface area contributed by atoms with Crippen LogP contribution in [0.4, 0.5) is 0 Å². The molecule has 11 rings (SSSR count). The van der Waals surface area contributed by atoms with Gasteiger partial charge in [0.25, 0.3) is 0 Å². The molecule has 3 heterocycles. The summed E-state index contributed by atoms with van der Waals surface area (Å²) in [5.41, 5.74) is 8.42. The summed E-state index contributed by atoms with van der Waals surface area (Å²) in [4.78, 5) is 16.0. The van der Waals surface area contributed by atoms with Crippen LogP contribution in [0, 0.1) is 0 Å². The van der Waals surface area contributed by atoms with Crippen molar-refractivity contribution in [2.45, 2.75) is 12.5 Å². The lowest BCUT2D eigenvalue weighted by molar-refractivity contribution is 0.742. The second-order valence-electron chi connectivity index (χ2n) is 14.3. The number of aromatic nitrogens is 3. The maximum Gasteiger partial charge on any atom is 0.165 e. The molecular formula is C51H34N4. The first-order chi connectivity index (χ1) is 27.3. The highest BCUT2D eigenvalue weighted by Crippen LogP contribution is 2.44. The van der Waals surface area contributed by atoms with Gasteiger partial charge in [0.05, 0.1) is 22.8 Å². The van der Waals surface area contributed by atoms with Crippen molar-refractivity contribution in [1.29, 1.82) is 0 Å². The number of fused-ring (bicyclic) bond motifs is 5. The van der Waals surface area contributed by atoms with Gasteiger partial charge in [-0.1, -0.05) is 146 Å². The van der Waals surface area contributed by atoms with Crippen molar-refractivity contribution in [3.05, 3.63) is 194 Å². The standard InChI is InChI=1S/C51H34N4/c1-3-15-35-31-37(29-27-33(35)13-1)43-22-11-24-46(52-43)51-54-44-21-9-10-25-47(44)55(51)48-26-12-23-45(53-48)50-41-19-7-5-17-39(41)49(40-18-6-8-20-42(40)50)38-30-28-34-14-2-4-16-36(34)32-38/h1-22,24-32,45H,23H2. The number of dihydropyridines is 1. The van der Waals surface area contributed by atoms with Crippen LogP contribution < -0.4 is 0 Å². The average molecular weight is 703 g/mol. The lowest BCUT2D eigenvalue weighted by Crippen LogP contribution is -2.16. The van der Waals surface area contributed by atoms with Crippen molar-refractivity contribution < 1.29 is 0 Å². The maximum atomic E-state index is 5.61. The molecule has 8 aromatic carbocycles. The van der Waals surface area contributed by atoms with Gasteiger partial charge >= 0.3 is 0 Å². The van der Waals surface area contributed by atoms with Gasteiger partial charge in [0.2, 0.25) is 0 Å². The van der Waals surface area contributed by atoms with Crippen LogP contribution in [0.2, 0.25) is 0 Å². The molecule has 1 unspecified atom stereocenters. The van der Waals surface area contributed by atoms with Crippen molar-refractivity contribution in [1.82, 2.24) is 14.5 Å². The number of allylic oxidation sites excluding steroid dienone is 1. The molecule has 0 radical (unpaired) electrons. The minimum Gasteiger partial charge on any atom is -0.275 e. The van der Waals surface area contributed by atoms with Gasteiger partial charge in [-0.15, -0.1) is 0 Å². The molecular weight excluding hydrogens is 669 g/mol. The second kappa shape index (κ2) is 12.8. The van der Waals surface area contributed by atoms with Crippen molar-refractivity contribution in [2.24, 2.45) is 4.99 Å². The highest BCUT2D eigenvalue weighted by molar-refractivity contribution is 6.16. The van der Waals surface area contributed by atoms with Gasteiger partial charge in [-0.3, -0.25) is 9.56 Å². The van der Waals surface area contributed by atoms with Crippen LogP contribution >= 0.6 is 0 Å². The van der Waals surface area contributed by atoms with E-state index in [1.54, 1.807) is 0 Å². The third-order valence-corrected chi connectivity index (χ3v) is 11.1. The van der Waals surface area contributed by atoms with E-state index >= 15 is 0 Å². The normalized spacial score (nSPS) is 14.3. The summed E-state index contributed by atoms with van der Waals surface area (Å²) < 4.78 is 2.19. The molecule has 0 saturated carbocycles. The van der Waals surface area contributed by atoms with Crippen LogP contribution in [0.3, 0.4) is 0 Å². The quantitative estimate of drug-likeness (QED) is 0.171. The van der Waals surface area contributed by atoms with E-state index in [-0.39, 0.29) is 6.04 Å². The number of benzene rings is 8. The number of nitrogens with zero attached hydrogens (tertiary/aromatic N) is 4. The number of aliphatic imine (C=N–C) groups is 1. The topological polar surface area (TPSA) is 43.1 Å². The fourth-order valence-corrected chi connectivity index (χ4v) is 8.55. The van der Waals surface area contributed by atoms with E-state index in [4.69, 9.17) is 15.0 Å². The molecule has 4 heteroatoms. The van der Waals surface area contributed by atoms with E-state index in [0.717, 1.165) is 46.1 Å². The van der Waals surface area contributed by atoms with Crippen molar-refractivity contribution in [3.8, 4) is 33.9 Å². The first-order valence-corrected chi connectivity index (χ1v) is 18.9. The average Bonchev–Trinajstić information content (AvgIpc) is 3.65. The zero-order valence-corrected chi connectivity index (χ0v) is 30.0. The molecule has 1 atom stereocenters. The predicted molar refractivity (Wildman–Crippen MR) is 230 cm³/mol. The Balaban J connectivity index is 1.08. The van der Waals surface area contributed by atoms with E-state index in [1.807, 2.05) is 6.07 Å². The molecule has 258 valence electrons. The minimum absolute atomic E-state index is 0.105. The van der Waals surface area contributed by atoms with Crippen LogP contribution in [-0.2, 0) is 0 Å². The van der Waals surface area contributed by atoms with E-state index in [9.17, 15) is 0 Å². The van der Waals surface area contributed by atoms with Gasteiger partial charge in [-0.25, -0.2) is 9.97 Å². The molecule has 0 fully saturated rings. The molecule has 55 heavy (non-hydrogen) atoms. The Morgan fingerprint density at radius 2 is 1.05 bits per heavy atom. The third kappa shape index (κ3) is 5.25. The Morgan fingerprint density at radius 3 is 1.78 bits per heavy atom. The molecule has 0 spiro atoms. The zero-order chi connectivity index (χ0) is 36.3. The molecule has 10 aromatic rings. The summed E-state index contributed by atoms with van der Waals surface area (Å²) in [7, 11) is 0. The molecule has 4 nitrogen and oxygen atoms in total. The highest BCUT2D eigenvalue weighted by Gasteiger charge is 2.25. The van der Waals surface area contributed by atoms with Crippen molar-refractivity contribution in [3.63, 3.8) is 0 Å². The van der Waals surface area contributed by atoms with Crippen LogP contribution in [0.15, 0.2) is 193 Å². The van der Waals surface area contributed by atoms with Gasteiger partial charge in [0.1, 0.15) is 11.5 Å². The lowest BCUT2D eigenvalue weighted by Gasteiger charge is -2.24. The molecule has 0 amide bonds. The van der Waals surface area contributed by atoms with Gasteiger partial charge in [-0.2, -0.15) is 0 Å². The van der Waals surface area contributed by atoms with E-state index in [0.29, 0.717) is 0 Å². The molecule has 1 aliphatic heterocycles. The third-order valence-electron chi connectivity index (χ3n) is 11.1. The van der Waals surface area contributed by atoms with Gasteiger partial charge in [0, 0.05) is 5.56 Å². The monoisotopic (exact) mass is 702 g/mol. The SMILES string of the molecule is C1=CC(n2c(-c3cccc(-c4ccc5ccccc5c4)n3)nc3ccccc32)=NC(c2c3ccccc3c(-c3ccc4ccccc4c3)c3ccccc23)C1. The molecule has 0 N–H and O–H groups in total. The molecule has 0 bridgehead atoms. The molecule has 2 aromatic heterocycles. The van der Waals surface area contributed by atoms with Gasteiger partial charge in [0.15, 0.2) is 5.82 Å². The number of hydrogen-bond donors (Lipinski definition) is 0. The first-order valence-electron chi connectivity index (χ1n) is 18.9. The fourth-order valence-electron chi connectivity index (χ4n) is 8.55. The number of pyridine rings is 1. The summed E-state index contributed by atoms with van der Waals surface area (Å²) in [6, 6.07) is 62.5. The summed E-state index contributed by atoms with van der Waals surface area (Å²) in [5, 5.41) is 9.82. The number of rotatable bonds is 4. The van der Waals surface area contributed by atoms with E-state index in [2.05, 4.69) is 187 Å². The summed E-state index contributed by atoms with van der Waals surface area (Å²) >= 11 is 0. The van der Waals surface area contributed by atoms with Gasteiger partial charge in [-0.05, 0) is 109 Å². The van der Waals surface area contributed by atoms with E-state index < -0.39 is 0 Å². The smallest absolute Gasteiger partial charge is 0.165 e. The fraction of sp³-hybridized carbons (Fsp3) is 0.0392. The second-order valence-corrected chi connectivity index (χ2v) is 14.3. The Hall–Kier alpha value is -7.17. The zero-order valence-electron chi connectivity index (χ0n) is 30.0. The summed E-state index contributed by atoms with van der Waals surface area (Å²) in [5.74, 6) is 1.62. The van der Waals surface area contributed by atoms with Crippen LogP contribution in [-0.4, -0.2) is 20.4 Å². The van der Waals surface area contributed by atoms with E-state index in [1.165, 1.54) is 59.8 Å². The number of imidazole rings is 1. The summed E-state index contributed by atoms with van der Waals surface area (Å²) in [6.07, 6.45) is 5.21. The largest absolute Gasteiger partial charge is 0.275 e. The molecule has 0 aliphatic carbocycles. The Kier molecular flexibility index (Phi) is 7.27. The molecule has 0 saturated heterocycles. The van der Waals surface area contributed by atoms with Gasteiger partial charge < -0.3 is 0 Å². The van der Waals surface area contributed by atoms with Crippen molar-refractivity contribution in [2.75, 3.05) is 0 Å². The summed E-state index contributed by atoms with van der Waals surface area (Å²) in [6.45, 7) is 0. The molecule has 1 aliphatic rings. The highest BCUT2D eigenvalue weighted by atomic mass is 15.2. The van der Waals surface area contributed by atoms with Crippen LogP contribution in [0.1, 0.15) is 18.0 Å². The Bertz CT molecular complexity index is 3150. The predicted octanol–water partition coefficient (Wildman–Crippen LogP) is 13.0. The van der Waals surface area contributed by atoms with Crippen molar-refractivity contribution >= 4 is 60.0 Å². The number of hydrogen-bond acceptors (Lipinski definition) is 3.